The number of nitrogens with zero attached hydrogens (tertiary/aromatic N) is 2. The first-order valence-corrected chi connectivity index (χ1v) is 12.3. The number of thiophene rings is 1. The van der Waals surface area contributed by atoms with E-state index in [2.05, 4.69) is 11.9 Å². The van der Waals surface area contributed by atoms with Crippen LogP contribution in [0.2, 0.25) is 0 Å². The number of ether oxygens (including phenoxy) is 1. The molecule has 0 fully saturated rings. The van der Waals surface area contributed by atoms with Gasteiger partial charge in [0.1, 0.15) is 10.4 Å². The first-order valence-electron chi connectivity index (χ1n) is 10.4. The molecule has 0 aliphatic carbocycles. The fraction of sp³-hybridized carbons (Fsp3) is 0.160. The minimum Gasteiger partial charge on any atom is -0.494 e. The number of thioether (sulfide) groups is 1. The Bertz CT molecular complexity index is 1330. The number of hydrogen-bond acceptors (Lipinski definition) is 6. The highest BCUT2D eigenvalue weighted by molar-refractivity contribution is 7.99. The topological polar surface area (TPSA) is 73.2 Å². The zero-order valence-corrected chi connectivity index (χ0v) is 19.7. The summed E-state index contributed by atoms with van der Waals surface area (Å²) in [7, 11) is 0. The monoisotopic (exact) mass is 477 g/mol. The molecule has 4 aromatic rings. The van der Waals surface area contributed by atoms with Gasteiger partial charge in [-0.1, -0.05) is 48.2 Å². The lowest BCUT2D eigenvalue weighted by Gasteiger charge is -2.10. The van der Waals surface area contributed by atoms with Crippen LogP contribution in [0.25, 0.3) is 20.7 Å². The summed E-state index contributed by atoms with van der Waals surface area (Å²) in [6, 6.07) is 19.0. The summed E-state index contributed by atoms with van der Waals surface area (Å²) in [5.74, 6) is 0.693. The zero-order valence-electron chi connectivity index (χ0n) is 18.1. The van der Waals surface area contributed by atoms with Gasteiger partial charge in [0, 0.05) is 17.1 Å². The van der Waals surface area contributed by atoms with E-state index in [0.29, 0.717) is 34.2 Å². The smallest absolute Gasteiger partial charge is 0.272 e. The molecule has 0 atom stereocenters. The number of carbonyl (C=O) groups excluding carboxylic acids is 1. The molecule has 0 saturated carbocycles. The standard InChI is InChI=1S/C25H23N3O3S2/c1-3-14-28-24(30)23-20(15-21(33-23)17-8-6-5-7-9-17)27-25(28)32-16-22(29)26-18-10-12-19(13-11-18)31-4-2/h3,5-13,15H,1,4,14,16H2,2H3,(H,26,29). The third kappa shape index (κ3) is 5.35. The van der Waals surface area contributed by atoms with Crippen molar-refractivity contribution >= 4 is 44.9 Å². The second-order valence-corrected chi connectivity index (χ2v) is 9.08. The van der Waals surface area contributed by atoms with Crippen LogP contribution in [0.5, 0.6) is 5.75 Å². The first-order chi connectivity index (χ1) is 16.1. The van der Waals surface area contributed by atoms with Crippen molar-refractivity contribution in [3.63, 3.8) is 0 Å². The highest BCUT2D eigenvalue weighted by Gasteiger charge is 2.16. The van der Waals surface area contributed by atoms with Crippen LogP contribution in [0.3, 0.4) is 0 Å². The summed E-state index contributed by atoms with van der Waals surface area (Å²) < 4.78 is 7.58. The number of benzene rings is 2. The highest BCUT2D eigenvalue weighted by atomic mass is 32.2. The Kier molecular flexibility index (Phi) is 7.26. The van der Waals surface area contributed by atoms with E-state index in [1.54, 1.807) is 22.8 Å². The van der Waals surface area contributed by atoms with Gasteiger partial charge in [0.05, 0.1) is 17.9 Å². The van der Waals surface area contributed by atoms with E-state index in [9.17, 15) is 9.59 Å². The van der Waals surface area contributed by atoms with Crippen LogP contribution >= 0.6 is 23.1 Å². The summed E-state index contributed by atoms with van der Waals surface area (Å²) in [6.07, 6.45) is 1.66. The summed E-state index contributed by atoms with van der Waals surface area (Å²) in [6.45, 7) is 6.59. The van der Waals surface area contributed by atoms with Crippen molar-refractivity contribution in [3.05, 3.63) is 83.7 Å². The normalized spacial score (nSPS) is 10.8. The molecular formula is C25H23N3O3S2. The molecule has 4 rings (SSSR count). The van der Waals surface area contributed by atoms with Gasteiger partial charge < -0.3 is 10.1 Å². The van der Waals surface area contributed by atoms with Gasteiger partial charge in [-0.2, -0.15) is 0 Å². The van der Waals surface area contributed by atoms with Gasteiger partial charge in [0.15, 0.2) is 5.16 Å². The molecule has 0 radical (unpaired) electrons. The van der Waals surface area contributed by atoms with E-state index < -0.39 is 0 Å². The zero-order chi connectivity index (χ0) is 23.2. The Morgan fingerprint density at radius 1 is 1.21 bits per heavy atom. The Labute approximate surface area is 199 Å². The quantitative estimate of drug-likeness (QED) is 0.197. The molecule has 2 aromatic carbocycles. The van der Waals surface area contributed by atoms with Gasteiger partial charge in [0.2, 0.25) is 5.91 Å². The highest BCUT2D eigenvalue weighted by Crippen LogP contribution is 2.32. The maximum absolute atomic E-state index is 13.2. The average molecular weight is 478 g/mol. The molecule has 168 valence electrons. The molecule has 2 aromatic heterocycles. The Morgan fingerprint density at radius 2 is 1.97 bits per heavy atom. The van der Waals surface area contributed by atoms with Crippen molar-refractivity contribution in [2.45, 2.75) is 18.6 Å². The van der Waals surface area contributed by atoms with E-state index in [0.717, 1.165) is 16.2 Å². The number of amides is 1. The maximum Gasteiger partial charge on any atom is 0.272 e. The maximum atomic E-state index is 13.2. The van der Waals surface area contributed by atoms with Crippen molar-refractivity contribution < 1.29 is 9.53 Å². The van der Waals surface area contributed by atoms with Crippen molar-refractivity contribution in [1.82, 2.24) is 9.55 Å². The number of carbonyl (C=O) groups is 1. The van der Waals surface area contributed by atoms with Gasteiger partial charge >= 0.3 is 0 Å². The van der Waals surface area contributed by atoms with E-state index >= 15 is 0 Å². The van der Waals surface area contributed by atoms with Crippen LogP contribution in [0.1, 0.15) is 6.92 Å². The van der Waals surface area contributed by atoms with Gasteiger partial charge in [0.25, 0.3) is 5.56 Å². The number of nitrogens with one attached hydrogen (secondary N) is 1. The molecule has 1 N–H and O–H groups in total. The molecule has 0 saturated heterocycles. The lowest BCUT2D eigenvalue weighted by Crippen LogP contribution is -2.23. The Balaban J connectivity index is 1.54. The molecule has 6 nitrogen and oxygen atoms in total. The largest absolute Gasteiger partial charge is 0.494 e. The third-order valence-corrected chi connectivity index (χ3v) is 6.89. The van der Waals surface area contributed by atoms with E-state index in [-0.39, 0.29) is 17.2 Å². The molecule has 2 heterocycles. The second-order valence-electron chi connectivity index (χ2n) is 7.08. The average Bonchev–Trinajstić information content (AvgIpc) is 3.26. The molecule has 1 amide bonds. The van der Waals surface area contributed by atoms with Crippen molar-refractivity contribution in [3.8, 4) is 16.2 Å². The van der Waals surface area contributed by atoms with Crippen LogP contribution in [0.15, 0.2) is 83.3 Å². The fourth-order valence-electron chi connectivity index (χ4n) is 3.26. The predicted molar refractivity (Wildman–Crippen MR) is 136 cm³/mol. The number of fused-ring (bicyclic) bond motifs is 1. The van der Waals surface area contributed by atoms with Gasteiger partial charge in [-0.3, -0.25) is 14.2 Å². The van der Waals surface area contributed by atoms with Gasteiger partial charge in [-0.05, 0) is 42.8 Å². The third-order valence-electron chi connectivity index (χ3n) is 4.75. The molecule has 0 bridgehead atoms. The number of hydrogen-bond donors (Lipinski definition) is 1. The number of aromatic nitrogens is 2. The summed E-state index contributed by atoms with van der Waals surface area (Å²) in [4.78, 5) is 31.4. The van der Waals surface area contributed by atoms with Crippen LogP contribution < -0.4 is 15.6 Å². The molecule has 0 unspecified atom stereocenters. The molecule has 8 heteroatoms. The molecule has 0 aliphatic heterocycles. The lowest BCUT2D eigenvalue weighted by atomic mass is 10.2. The van der Waals surface area contributed by atoms with E-state index in [1.807, 2.05) is 55.5 Å². The SMILES string of the molecule is C=CCn1c(SCC(=O)Nc2ccc(OCC)cc2)nc2cc(-c3ccccc3)sc2c1=O. The van der Waals surface area contributed by atoms with Gasteiger partial charge in [-0.15, -0.1) is 17.9 Å². The molecular weight excluding hydrogens is 454 g/mol. The second kappa shape index (κ2) is 10.5. The number of anilines is 1. The summed E-state index contributed by atoms with van der Waals surface area (Å²) in [5.41, 5.74) is 2.24. The van der Waals surface area contributed by atoms with Gasteiger partial charge in [-0.25, -0.2) is 4.98 Å². The number of allylic oxidation sites excluding steroid dienone is 1. The minimum atomic E-state index is -0.182. The van der Waals surface area contributed by atoms with E-state index in [4.69, 9.17) is 9.72 Å². The lowest BCUT2D eigenvalue weighted by molar-refractivity contribution is -0.113. The van der Waals surface area contributed by atoms with Crippen LogP contribution in [-0.2, 0) is 11.3 Å². The Morgan fingerprint density at radius 3 is 2.67 bits per heavy atom. The van der Waals surface area contributed by atoms with Crippen LogP contribution in [-0.4, -0.2) is 27.8 Å². The predicted octanol–water partition coefficient (Wildman–Crippen LogP) is 5.44. The summed E-state index contributed by atoms with van der Waals surface area (Å²) in [5, 5.41) is 3.35. The summed E-state index contributed by atoms with van der Waals surface area (Å²) >= 11 is 2.66. The van der Waals surface area contributed by atoms with Crippen LogP contribution in [0.4, 0.5) is 5.69 Å². The van der Waals surface area contributed by atoms with Crippen molar-refractivity contribution in [2.75, 3.05) is 17.7 Å². The van der Waals surface area contributed by atoms with Crippen molar-refractivity contribution in [2.24, 2.45) is 0 Å². The molecule has 33 heavy (non-hydrogen) atoms. The molecule has 0 aliphatic rings. The van der Waals surface area contributed by atoms with Crippen LogP contribution in [0, 0.1) is 0 Å². The minimum absolute atomic E-state index is 0.123. The fourth-order valence-corrected chi connectivity index (χ4v) is 5.12. The number of rotatable bonds is 9. The van der Waals surface area contributed by atoms with Crippen molar-refractivity contribution in [1.29, 1.82) is 0 Å². The Hall–Kier alpha value is -3.36. The first kappa shape index (κ1) is 22.8. The molecule has 0 spiro atoms. The van der Waals surface area contributed by atoms with E-state index in [1.165, 1.54) is 23.1 Å².